The number of aryl methyl sites for hydroxylation is 1. The average Bonchev–Trinajstić information content (AvgIpc) is 2.66. The van der Waals surface area contributed by atoms with Gasteiger partial charge in [-0.05, 0) is 24.7 Å². The third-order valence-corrected chi connectivity index (χ3v) is 4.27. The first-order valence-corrected chi connectivity index (χ1v) is 6.70. The van der Waals surface area contributed by atoms with Gasteiger partial charge < -0.3 is 5.32 Å². The summed E-state index contributed by atoms with van der Waals surface area (Å²) in [7, 11) is 1.99. The first-order chi connectivity index (χ1) is 7.36. The molecule has 1 aromatic rings. The van der Waals surface area contributed by atoms with Gasteiger partial charge in [0.25, 0.3) is 0 Å². The molecule has 2 heterocycles. The van der Waals surface area contributed by atoms with Crippen LogP contribution in [-0.2, 0) is 13.6 Å². The van der Waals surface area contributed by atoms with Crippen molar-refractivity contribution in [2.75, 3.05) is 12.3 Å². The van der Waals surface area contributed by atoms with Crippen LogP contribution < -0.4 is 5.32 Å². The minimum atomic E-state index is 0.826. The van der Waals surface area contributed by atoms with Crippen molar-refractivity contribution < 1.29 is 0 Å². The first kappa shape index (κ1) is 11.0. The smallest absolute Gasteiger partial charge is 0.0518 e. The molecular formula is C11H19N3S. The highest BCUT2D eigenvalue weighted by Crippen LogP contribution is 2.24. The Morgan fingerprint density at radius 2 is 2.53 bits per heavy atom. The van der Waals surface area contributed by atoms with Crippen LogP contribution in [0.5, 0.6) is 0 Å². The topological polar surface area (TPSA) is 29.9 Å². The summed E-state index contributed by atoms with van der Waals surface area (Å²) in [6, 6.07) is 2.07. The monoisotopic (exact) mass is 225 g/mol. The van der Waals surface area contributed by atoms with Crippen molar-refractivity contribution >= 4 is 11.8 Å². The van der Waals surface area contributed by atoms with Gasteiger partial charge >= 0.3 is 0 Å². The molecule has 1 unspecified atom stereocenters. The fourth-order valence-electron chi connectivity index (χ4n) is 1.90. The normalized spacial score (nSPS) is 21.8. The molecule has 0 aromatic carbocycles. The van der Waals surface area contributed by atoms with E-state index in [-0.39, 0.29) is 0 Å². The van der Waals surface area contributed by atoms with E-state index in [1.165, 1.54) is 30.7 Å². The molecule has 1 saturated heterocycles. The molecule has 1 aliphatic rings. The molecule has 1 N–H and O–H groups in total. The number of rotatable bonds is 4. The SMILES string of the molecule is Cn1nccc1CNCC1CCCCS1. The van der Waals surface area contributed by atoms with Crippen molar-refractivity contribution in [3.8, 4) is 0 Å². The van der Waals surface area contributed by atoms with E-state index in [9.17, 15) is 0 Å². The first-order valence-electron chi connectivity index (χ1n) is 5.65. The second-order valence-electron chi connectivity index (χ2n) is 4.07. The van der Waals surface area contributed by atoms with Gasteiger partial charge in [-0.25, -0.2) is 0 Å². The fourth-order valence-corrected chi connectivity index (χ4v) is 3.18. The van der Waals surface area contributed by atoms with E-state index in [4.69, 9.17) is 0 Å². The van der Waals surface area contributed by atoms with Gasteiger partial charge in [-0.1, -0.05) is 6.42 Å². The molecular weight excluding hydrogens is 206 g/mol. The Morgan fingerprint density at radius 1 is 1.60 bits per heavy atom. The maximum absolute atomic E-state index is 4.15. The predicted molar refractivity (Wildman–Crippen MR) is 65.0 cm³/mol. The molecule has 0 bridgehead atoms. The summed E-state index contributed by atoms with van der Waals surface area (Å²) in [5, 5.41) is 8.50. The molecule has 1 aliphatic heterocycles. The van der Waals surface area contributed by atoms with Crippen molar-refractivity contribution in [3.63, 3.8) is 0 Å². The van der Waals surface area contributed by atoms with Crippen LogP contribution in [0.2, 0.25) is 0 Å². The zero-order valence-corrected chi connectivity index (χ0v) is 10.1. The van der Waals surface area contributed by atoms with Crippen molar-refractivity contribution in [3.05, 3.63) is 18.0 Å². The Kier molecular flexibility index (Phi) is 4.09. The standard InChI is InChI=1S/C11H19N3S/c1-14-10(5-6-13-14)8-12-9-11-4-2-3-7-15-11/h5-6,11-12H,2-4,7-9H2,1H3. The molecule has 0 saturated carbocycles. The van der Waals surface area contributed by atoms with Crippen molar-refractivity contribution in [1.29, 1.82) is 0 Å². The Morgan fingerprint density at radius 3 is 3.20 bits per heavy atom. The van der Waals surface area contributed by atoms with E-state index in [0.717, 1.165) is 18.3 Å². The fraction of sp³-hybridized carbons (Fsp3) is 0.727. The second kappa shape index (κ2) is 5.56. The van der Waals surface area contributed by atoms with Gasteiger partial charge in [0.2, 0.25) is 0 Å². The molecule has 2 rings (SSSR count). The van der Waals surface area contributed by atoms with Crippen LogP contribution in [-0.4, -0.2) is 27.3 Å². The molecule has 0 amide bonds. The lowest BCUT2D eigenvalue weighted by Crippen LogP contribution is -2.27. The van der Waals surface area contributed by atoms with E-state index < -0.39 is 0 Å². The third kappa shape index (κ3) is 3.24. The van der Waals surface area contributed by atoms with Crippen LogP contribution in [0.15, 0.2) is 12.3 Å². The van der Waals surface area contributed by atoms with Gasteiger partial charge in [-0.2, -0.15) is 16.9 Å². The zero-order chi connectivity index (χ0) is 10.5. The molecule has 0 radical (unpaired) electrons. The highest BCUT2D eigenvalue weighted by atomic mass is 32.2. The highest BCUT2D eigenvalue weighted by molar-refractivity contribution is 7.99. The Labute approximate surface area is 95.6 Å². The second-order valence-corrected chi connectivity index (χ2v) is 5.47. The van der Waals surface area contributed by atoms with Crippen molar-refractivity contribution in [2.24, 2.45) is 7.05 Å². The summed E-state index contributed by atoms with van der Waals surface area (Å²) >= 11 is 2.12. The van der Waals surface area contributed by atoms with E-state index in [1.54, 1.807) is 0 Å². The van der Waals surface area contributed by atoms with Crippen molar-refractivity contribution in [1.82, 2.24) is 15.1 Å². The lowest BCUT2D eigenvalue weighted by molar-refractivity contribution is 0.578. The van der Waals surface area contributed by atoms with Crippen LogP contribution in [0.1, 0.15) is 25.0 Å². The van der Waals surface area contributed by atoms with E-state index in [2.05, 4.69) is 28.2 Å². The molecule has 1 atom stereocenters. The predicted octanol–water partition coefficient (Wildman–Crippen LogP) is 1.80. The Bertz CT molecular complexity index is 292. The summed E-state index contributed by atoms with van der Waals surface area (Å²) in [5.74, 6) is 1.35. The number of nitrogens with zero attached hydrogens (tertiary/aromatic N) is 2. The quantitative estimate of drug-likeness (QED) is 0.847. The molecule has 1 aromatic heterocycles. The van der Waals surface area contributed by atoms with E-state index in [0.29, 0.717) is 0 Å². The number of hydrogen-bond donors (Lipinski definition) is 1. The number of aromatic nitrogens is 2. The summed E-state index contributed by atoms with van der Waals surface area (Å²) in [6.07, 6.45) is 6.05. The lowest BCUT2D eigenvalue weighted by Gasteiger charge is -2.21. The molecule has 4 heteroatoms. The van der Waals surface area contributed by atoms with Crippen LogP contribution in [0.4, 0.5) is 0 Å². The van der Waals surface area contributed by atoms with E-state index >= 15 is 0 Å². The third-order valence-electron chi connectivity index (χ3n) is 2.87. The molecule has 15 heavy (non-hydrogen) atoms. The summed E-state index contributed by atoms with van der Waals surface area (Å²) in [4.78, 5) is 0. The van der Waals surface area contributed by atoms with Gasteiger partial charge in [0.05, 0.1) is 5.69 Å². The van der Waals surface area contributed by atoms with Gasteiger partial charge in [0.1, 0.15) is 0 Å². The van der Waals surface area contributed by atoms with Crippen molar-refractivity contribution in [2.45, 2.75) is 31.1 Å². The summed E-state index contributed by atoms with van der Waals surface area (Å²) < 4.78 is 1.93. The maximum Gasteiger partial charge on any atom is 0.0518 e. The molecule has 0 aliphatic carbocycles. The largest absolute Gasteiger partial charge is 0.310 e. The van der Waals surface area contributed by atoms with Crippen LogP contribution in [0.25, 0.3) is 0 Å². The van der Waals surface area contributed by atoms with Crippen LogP contribution >= 0.6 is 11.8 Å². The molecule has 0 spiro atoms. The van der Waals surface area contributed by atoms with Gasteiger partial charge in [-0.3, -0.25) is 4.68 Å². The number of hydrogen-bond acceptors (Lipinski definition) is 3. The minimum absolute atomic E-state index is 0.826. The maximum atomic E-state index is 4.15. The Hall–Kier alpha value is -0.480. The minimum Gasteiger partial charge on any atom is -0.310 e. The van der Waals surface area contributed by atoms with E-state index in [1.807, 2.05) is 17.9 Å². The van der Waals surface area contributed by atoms with Crippen LogP contribution in [0.3, 0.4) is 0 Å². The van der Waals surface area contributed by atoms with Gasteiger partial charge in [0, 0.05) is 31.6 Å². The number of nitrogens with one attached hydrogen (secondary N) is 1. The summed E-state index contributed by atoms with van der Waals surface area (Å²) in [5.41, 5.74) is 1.26. The lowest BCUT2D eigenvalue weighted by atomic mass is 10.2. The average molecular weight is 225 g/mol. The van der Waals surface area contributed by atoms with Gasteiger partial charge in [-0.15, -0.1) is 0 Å². The molecule has 3 nitrogen and oxygen atoms in total. The molecule has 84 valence electrons. The Balaban J connectivity index is 1.68. The number of thioether (sulfide) groups is 1. The zero-order valence-electron chi connectivity index (χ0n) is 9.28. The highest BCUT2D eigenvalue weighted by Gasteiger charge is 2.13. The summed E-state index contributed by atoms with van der Waals surface area (Å²) in [6.45, 7) is 2.07. The van der Waals surface area contributed by atoms with Gasteiger partial charge in [0.15, 0.2) is 0 Å². The van der Waals surface area contributed by atoms with Crippen LogP contribution in [0, 0.1) is 0 Å². The molecule has 1 fully saturated rings.